The van der Waals surface area contributed by atoms with Gasteiger partial charge < -0.3 is 10.6 Å². The molecule has 0 unspecified atom stereocenters. The molecule has 29 heavy (non-hydrogen) atoms. The Bertz CT molecular complexity index is 1270. The van der Waals surface area contributed by atoms with Gasteiger partial charge in [0, 0.05) is 5.69 Å². The number of nitrogens with zero attached hydrogens (tertiary/aromatic N) is 2. The standard InChI is InChI=1S/C22H17FN4O2/c1-14-24-19-8-4-2-6-17(19)21(28)27(14)16-12-10-15(11-13-16)25-22(29)26-20-9-5-3-7-18(20)23/h2-13H,1H3,(H2,25,26,29). The molecule has 0 radical (unpaired) electrons. The van der Waals surface area contributed by atoms with Gasteiger partial charge in [-0.15, -0.1) is 0 Å². The number of amides is 2. The Balaban J connectivity index is 1.57. The fourth-order valence-corrected chi connectivity index (χ4v) is 3.09. The summed E-state index contributed by atoms with van der Waals surface area (Å²) >= 11 is 0. The van der Waals surface area contributed by atoms with Crippen LogP contribution >= 0.6 is 0 Å². The van der Waals surface area contributed by atoms with Crippen molar-refractivity contribution in [2.75, 3.05) is 10.6 Å². The lowest BCUT2D eigenvalue weighted by Gasteiger charge is -2.12. The van der Waals surface area contributed by atoms with E-state index in [1.807, 2.05) is 6.07 Å². The lowest BCUT2D eigenvalue weighted by molar-refractivity contribution is 0.262. The molecule has 1 aromatic heterocycles. The third kappa shape index (κ3) is 3.70. The van der Waals surface area contributed by atoms with E-state index < -0.39 is 11.8 Å². The molecule has 144 valence electrons. The van der Waals surface area contributed by atoms with Crippen molar-refractivity contribution < 1.29 is 9.18 Å². The van der Waals surface area contributed by atoms with Crippen LogP contribution in [0.1, 0.15) is 5.82 Å². The molecule has 0 aliphatic heterocycles. The van der Waals surface area contributed by atoms with E-state index in [1.54, 1.807) is 61.5 Å². The van der Waals surface area contributed by atoms with Crippen LogP contribution in [-0.2, 0) is 0 Å². The molecule has 1 heterocycles. The molecule has 0 aliphatic rings. The van der Waals surface area contributed by atoms with E-state index >= 15 is 0 Å². The fourth-order valence-electron chi connectivity index (χ4n) is 3.09. The summed E-state index contributed by atoms with van der Waals surface area (Å²) in [5, 5.41) is 5.62. The Kier molecular flexibility index (Phi) is 4.78. The summed E-state index contributed by atoms with van der Waals surface area (Å²) in [6, 6.07) is 19.3. The minimum Gasteiger partial charge on any atom is -0.308 e. The molecule has 0 spiro atoms. The maximum absolute atomic E-state index is 13.6. The van der Waals surface area contributed by atoms with Gasteiger partial charge in [-0.05, 0) is 55.5 Å². The summed E-state index contributed by atoms with van der Waals surface area (Å²) in [6.45, 7) is 1.77. The lowest BCUT2D eigenvalue weighted by atomic mass is 10.2. The summed E-state index contributed by atoms with van der Waals surface area (Å²) < 4.78 is 15.2. The van der Waals surface area contributed by atoms with Crippen LogP contribution in [0, 0.1) is 12.7 Å². The van der Waals surface area contributed by atoms with E-state index in [4.69, 9.17) is 0 Å². The first-order chi connectivity index (χ1) is 14.0. The Morgan fingerprint density at radius 1 is 0.931 bits per heavy atom. The van der Waals surface area contributed by atoms with Crippen molar-refractivity contribution >= 4 is 28.3 Å². The van der Waals surface area contributed by atoms with E-state index in [0.29, 0.717) is 28.1 Å². The number of benzene rings is 3. The van der Waals surface area contributed by atoms with Crippen molar-refractivity contribution in [1.82, 2.24) is 9.55 Å². The summed E-state index contributed by atoms with van der Waals surface area (Å²) in [4.78, 5) is 29.4. The lowest BCUT2D eigenvalue weighted by Crippen LogP contribution is -2.22. The number of urea groups is 1. The number of anilines is 2. The van der Waals surface area contributed by atoms with Crippen molar-refractivity contribution in [3.8, 4) is 5.69 Å². The topological polar surface area (TPSA) is 76.0 Å². The predicted molar refractivity (Wildman–Crippen MR) is 111 cm³/mol. The van der Waals surface area contributed by atoms with Crippen LogP contribution in [0.25, 0.3) is 16.6 Å². The van der Waals surface area contributed by atoms with Gasteiger partial charge in [0.2, 0.25) is 0 Å². The molecule has 2 amide bonds. The largest absolute Gasteiger partial charge is 0.323 e. The van der Waals surface area contributed by atoms with Crippen molar-refractivity contribution in [2.45, 2.75) is 6.92 Å². The summed E-state index contributed by atoms with van der Waals surface area (Å²) in [5.41, 5.74) is 1.71. The zero-order chi connectivity index (χ0) is 20.4. The molecule has 0 saturated heterocycles. The van der Waals surface area contributed by atoms with E-state index in [-0.39, 0.29) is 11.2 Å². The van der Waals surface area contributed by atoms with Gasteiger partial charge in [0.15, 0.2) is 0 Å². The van der Waals surface area contributed by atoms with Gasteiger partial charge in [0.25, 0.3) is 5.56 Å². The number of nitrogens with one attached hydrogen (secondary N) is 2. The molecule has 0 aliphatic carbocycles. The molecule has 0 saturated carbocycles. The summed E-state index contributed by atoms with van der Waals surface area (Å²) in [6.07, 6.45) is 0. The SMILES string of the molecule is Cc1nc2ccccc2c(=O)n1-c1ccc(NC(=O)Nc2ccccc2F)cc1. The molecule has 4 rings (SSSR count). The van der Waals surface area contributed by atoms with Gasteiger partial charge in [0.1, 0.15) is 11.6 Å². The van der Waals surface area contributed by atoms with E-state index in [9.17, 15) is 14.0 Å². The maximum Gasteiger partial charge on any atom is 0.323 e. The van der Waals surface area contributed by atoms with Gasteiger partial charge in [0.05, 0.1) is 22.3 Å². The Morgan fingerprint density at radius 2 is 1.62 bits per heavy atom. The number of fused-ring (bicyclic) bond motifs is 1. The quantitative estimate of drug-likeness (QED) is 0.543. The normalized spacial score (nSPS) is 10.7. The molecule has 0 bridgehead atoms. The highest BCUT2D eigenvalue weighted by molar-refractivity contribution is 5.99. The van der Waals surface area contributed by atoms with E-state index in [2.05, 4.69) is 15.6 Å². The van der Waals surface area contributed by atoms with Crippen molar-refractivity contribution in [2.24, 2.45) is 0 Å². The minimum atomic E-state index is -0.566. The third-order valence-electron chi connectivity index (χ3n) is 4.45. The highest BCUT2D eigenvalue weighted by Gasteiger charge is 2.10. The van der Waals surface area contributed by atoms with E-state index in [0.717, 1.165) is 0 Å². The second kappa shape index (κ2) is 7.55. The first-order valence-electron chi connectivity index (χ1n) is 8.94. The molecule has 3 aromatic carbocycles. The second-order valence-electron chi connectivity index (χ2n) is 6.42. The van der Waals surface area contributed by atoms with Crippen LogP contribution < -0.4 is 16.2 Å². The average molecular weight is 388 g/mol. The first-order valence-corrected chi connectivity index (χ1v) is 8.94. The number of hydrogen-bond donors (Lipinski definition) is 2. The van der Waals surface area contributed by atoms with Gasteiger partial charge in [-0.1, -0.05) is 24.3 Å². The van der Waals surface area contributed by atoms with Gasteiger partial charge in [-0.2, -0.15) is 0 Å². The van der Waals surface area contributed by atoms with Gasteiger partial charge in [-0.25, -0.2) is 14.2 Å². The van der Waals surface area contributed by atoms with Crippen molar-refractivity contribution in [1.29, 1.82) is 0 Å². The zero-order valence-electron chi connectivity index (χ0n) is 15.5. The Hall–Kier alpha value is -4.00. The molecule has 2 N–H and O–H groups in total. The maximum atomic E-state index is 13.6. The number of para-hydroxylation sites is 2. The highest BCUT2D eigenvalue weighted by Crippen LogP contribution is 2.17. The van der Waals surface area contributed by atoms with Crippen molar-refractivity contribution in [3.05, 3.63) is 94.8 Å². The number of carbonyl (C=O) groups is 1. The van der Waals surface area contributed by atoms with Crippen molar-refractivity contribution in [3.63, 3.8) is 0 Å². The average Bonchev–Trinajstić information content (AvgIpc) is 2.71. The van der Waals surface area contributed by atoms with Gasteiger partial charge >= 0.3 is 6.03 Å². The van der Waals surface area contributed by atoms with E-state index in [1.165, 1.54) is 16.7 Å². The molecular formula is C22H17FN4O2. The van der Waals surface area contributed by atoms with Crippen LogP contribution in [0.15, 0.2) is 77.6 Å². The van der Waals surface area contributed by atoms with Crippen LogP contribution in [0.2, 0.25) is 0 Å². The molecule has 7 heteroatoms. The summed E-state index contributed by atoms with van der Waals surface area (Å²) in [5.74, 6) is 0.0448. The summed E-state index contributed by atoms with van der Waals surface area (Å²) in [7, 11) is 0. The molecule has 0 fully saturated rings. The number of hydrogen-bond acceptors (Lipinski definition) is 3. The Labute approximate surface area is 165 Å². The smallest absolute Gasteiger partial charge is 0.308 e. The second-order valence-corrected chi connectivity index (χ2v) is 6.42. The molecule has 4 aromatic rings. The number of rotatable bonds is 3. The zero-order valence-corrected chi connectivity index (χ0v) is 15.5. The number of aryl methyl sites for hydroxylation is 1. The van der Waals surface area contributed by atoms with Crippen LogP contribution in [-0.4, -0.2) is 15.6 Å². The van der Waals surface area contributed by atoms with Gasteiger partial charge in [-0.3, -0.25) is 9.36 Å². The first kappa shape index (κ1) is 18.4. The fraction of sp³-hybridized carbons (Fsp3) is 0.0455. The van der Waals surface area contributed by atoms with Crippen LogP contribution in [0.3, 0.4) is 0 Å². The molecule has 6 nitrogen and oxygen atoms in total. The minimum absolute atomic E-state index is 0.0889. The number of carbonyl (C=O) groups excluding carboxylic acids is 1. The third-order valence-corrected chi connectivity index (χ3v) is 4.45. The monoisotopic (exact) mass is 388 g/mol. The predicted octanol–water partition coefficient (Wildman–Crippen LogP) is 4.48. The molecule has 0 atom stereocenters. The molecular weight excluding hydrogens is 371 g/mol. The van der Waals surface area contributed by atoms with Crippen LogP contribution in [0.4, 0.5) is 20.6 Å². The number of aromatic nitrogens is 2. The number of halogens is 1. The van der Waals surface area contributed by atoms with Crippen LogP contribution in [0.5, 0.6) is 0 Å². The highest BCUT2D eigenvalue weighted by atomic mass is 19.1. The Morgan fingerprint density at radius 3 is 2.38 bits per heavy atom.